The smallest absolute Gasteiger partial charge is 0.240 e. The molecular weight excluding hydrogens is 288 g/mol. The molecule has 0 aromatic carbocycles. The molecule has 3 aromatic heterocycles. The fraction of sp³-hybridized carbons (Fsp3) is 0.308. The van der Waals surface area contributed by atoms with Crippen molar-refractivity contribution in [3.05, 3.63) is 28.8 Å². The second kappa shape index (κ2) is 5.66. The van der Waals surface area contributed by atoms with Gasteiger partial charge in [-0.25, -0.2) is 15.8 Å². The second-order valence-electron chi connectivity index (χ2n) is 4.54. The van der Waals surface area contributed by atoms with Crippen molar-refractivity contribution in [1.29, 1.82) is 0 Å². The monoisotopic (exact) mass is 304 g/mol. The summed E-state index contributed by atoms with van der Waals surface area (Å²) in [5.74, 6) is 8.02. The van der Waals surface area contributed by atoms with E-state index in [1.807, 2.05) is 13.8 Å². The molecule has 0 saturated carbocycles. The van der Waals surface area contributed by atoms with E-state index in [0.717, 1.165) is 22.4 Å². The number of nitrogens with two attached hydrogens (primary N) is 1. The minimum atomic E-state index is 0.383. The van der Waals surface area contributed by atoms with Gasteiger partial charge in [0.25, 0.3) is 0 Å². The topological polar surface area (TPSA) is 102 Å². The van der Waals surface area contributed by atoms with E-state index in [0.29, 0.717) is 24.2 Å². The fourth-order valence-corrected chi connectivity index (χ4v) is 2.87. The van der Waals surface area contributed by atoms with Gasteiger partial charge in [-0.3, -0.25) is 5.43 Å². The number of rotatable bonds is 5. The van der Waals surface area contributed by atoms with E-state index in [4.69, 9.17) is 10.3 Å². The average molecular weight is 304 g/mol. The Kier molecular flexibility index (Phi) is 3.72. The molecule has 0 aliphatic carbocycles. The number of anilines is 2. The Morgan fingerprint density at radius 2 is 2.24 bits per heavy atom. The van der Waals surface area contributed by atoms with Gasteiger partial charge in [0.1, 0.15) is 16.4 Å². The third-order valence-corrected chi connectivity index (χ3v) is 3.95. The van der Waals surface area contributed by atoms with Crippen LogP contribution in [0.3, 0.4) is 0 Å². The number of aromatic nitrogens is 3. The predicted molar refractivity (Wildman–Crippen MR) is 83.2 cm³/mol. The van der Waals surface area contributed by atoms with E-state index in [-0.39, 0.29) is 0 Å². The predicted octanol–water partition coefficient (Wildman–Crippen LogP) is 2.45. The lowest BCUT2D eigenvalue weighted by Gasteiger charge is -2.06. The first-order valence-corrected chi connectivity index (χ1v) is 7.43. The SMILES string of the molecule is CCc1cnc(CNc2nc(NN)nc3sc(C)cc23)o1. The molecule has 0 fully saturated rings. The number of oxazole rings is 1. The summed E-state index contributed by atoms with van der Waals surface area (Å²) in [6.07, 6.45) is 2.57. The van der Waals surface area contributed by atoms with Gasteiger partial charge >= 0.3 is 0 Å². The molecule has 110 valence electrons. The number of nitrogen functional groups attached to an aromatic ring is 1. The number of hydrazine groups is 1. The lowest BCUT2D eigenvalue weighted by atomic mass is 10.3. The van der Waals surface area contributed by atoms with Crippen LogP contribution in [0, 0.1) is 6.92 Å². The van der Waals surface area contributed by atoms with Gasteiger partial charge in [-0.15, -0.1) is 11.3 Å². The van der Waals surface area contributed by atoms with Crippen molar-refractivity contribution < 1.29 is 4.42 Å². The molecule has 3 heterocycles. The first-order valence-electron chi connectivity index (χ1n) is 6.62. The molecule has 0 radical (unpaired) electrons. The quantitative estimate of drug-likeness (QED) is 0.491. The molecule has 0 amide bonds. The summed E-state index contributed by atoms with van der Waals surface area (Å²) in [7, 11) is 0. The number of hydrogen-bond donors (Lipinski definition) is 3. The lowest BCUT2D eigenvalue weighted by Crippen LogP contribution is -2.12. The summed E-state index contributed by atoms with van der Waals surface area (Å²) in [6, 6.07) is 2.05. The Morgan fingerprint density at radius 1 is 1.38 bits per heavy atom. The molecule has 3 rings (SSSR count). The number of nitrogens with one attached hydrogen (secondary N) is 2. The van der Waals surface area contributed by atoms with E-state index >= 15 is 0 Å². The van der Waals surface area contributed by atoms with Crippen LogP contribution in [0.5, 0.6) is 0 Å². The van der Waals surface area contributed by atoms with Crippen molar-refractivity contribution in [2.75, 3.05) is 10.7 Å². The number of nitrogens with zero attached hydrogens (tertiary/aromatic N) is 3. The van der Waals surface area contributed by atoms with Crippen molar-refractivity contribution >= 4 is 33.3 Å². The van der Waals surface area contributed by atoms with E-state index in [1.165, 1.54) is 4.88 Å². The highest BCUT2D eigenvalue weighted by atomic mass is 32.1. The number of hydrogen-bond acceptors (Lipinski definition) is 8. The van der Waals surface area contributed by atoms with Crippen LogP contribution >= 0.6 is 11.3 Å². The molecule has 0 bridgehead atoms. The van der Waals surface area contributed by atoms with E-state index < -0.39 is 0 Å². The Hall–Kier alpha value is -2.19. The molecule has 0 aliphatic heterocycles. The van der Waals surface area contributed by atoms with Crippen LogP contribution in [0.2, 0.25) is 0 Å². The summed E-state index contributed by atoms with van der Waals surface area (Å²) < 4.78 is 5.57. The molecule has 0 unspecified atom stereocenters. The van der Waals surface area contributed by atoms with Gasteiger partial charge in [-0.05, 0) is 13.0 Å². The Balaban J connectivity index is 1.88. The first-order chi connectivity index (χ1) is 10.2. The zero-order chi connectivity index (χ0) is 14.8. The highest BCUT2D eigenvalue weighted by molar-refractivity contribution is 7.18. The molecule has 0 aliphatic rings. The zero-order valence-electron chi connectivity index (χ0n) is 11.8. The third kappa shape index (κ3) is 2.81. The molecule has 4 N–H and O–H groups in total. The fourth-order valence-electron chi connectivity index (χ4n) is 1.99. The summed E-state index contributed by atoms with van der Waals surface area (Å²) >= 11 is 1.60. The molecule has 0 spiro atoms. The van der Waals surface area contributed by atoms with Crippen LogP contribution in [0.4, 0.5) is 11.8 Å². The summed E-state index contributed by atoms with van der Waals surface area (Å²) in [4.78, 5) is 15.0. The molecule has 8 heteroatoms. The maximum absolute atomic E-state index is 5.57. The van der Waals surface area contributed by atoms with Gasteiger partial charge in [0.2, 0.25) is 11.8 Å². The van der Waals surface area contributed by atoms with Crippen molar-refractivity contribution in [3.63, 3.8) is 0 Å². The minimum absolute atomic E-state index is 0.383. The van der Waals surface area contributed by atoms with Crippen LogP contribution in [-0.2, 0) is 13.0 Å². The molecule has 3 aromatic rings. The molecule has 21 heavy (non-hydrogen) atoms. The summed E-state index contributed by atoms with van der Waals surface area (Å²) in [6.45, 7) is 4.53. The highest BCUT2D eigenvalue weighted by Crippen LogP contribution is 2.29. The number of thiophene rings is 1. The lowest BCUT2D eigenvalue weighted by molar-refractivity contribution is 0.465. The third-order valence-electron chi connectivity index (χ3n) is 3.00. The normalized spacial score (nSPS) is 11.0. The van der Waals surface area contributed by atoms with Gasteiger partial charge in [0.05, 0.1) is 18.1 Å². The zero-order valence-corrected chi connectivity index (χ0v) is 12.6. The van der Waals surface area contributed by atoms with Crippen molar-refractivity contribution in [3.8, 4) is 0 Å². The van der Waals surface area contributed by atoms with E-state index in [9.17, 15) is 0 Å². The average Bonchev–Trinajstić information content (AvgIpc) is 3.09. The maximum atomic E-state index is 5.57. The standard InChI is InChI=1S/C13H16N6OS/c1-3-8-5-15-10(20-8)6-16-11-9-4-7(2)21-12(9)18-13(17-11)19-14/h4-5H,3,6,14H2,1-2H3,(H2,16,17,18,19). The molecule has 0 atom stereocenters. The van der Waals surface area contributed by atoms with Crippen LogP contribution in [0.1, 0.15) is 23.5 Å². The maximum Gasteiger partial charge on any atom is 0.240 e. The van der Waals surface area contributed by atoms with Crippen molar-refractivity contribution in [2.24, 2.45) is 5.84 Å². The second-order valence-corrected chi connectivity index (χ2v) is 5.78. The van der Waals surface area contributed by atoms with Gasteiger partial charge < -0.3 is 9.73 Å². The largest absolute Gasteiger partial charge is 0.444 e. The number of fused-ring (bicyclic) bond motifs is 1. The van der Waals surface area contributed by atoms with Crippen LogP contribution < -0.4 is 16.6 Å². The van der Waals surface area contributed by atoms with Gasteiger partial charge in [-0.1, -0.05) is 6.92 Å². The van der Waals surface area contributed by atoms with E-state index in [2.05, 4.69) is 31.8 Å². The van der Waals surface area contributed by atoms with Gasteiger partial charge in [0, 0.05) is 11.3 Å². The summed E-state index contributed by atoms with van der Waals surface area (Å²) in [5.41, 5.74) is 2.49. The molecule has 0 saturated heterocycles. The van der Waals surface area contributed by atoms with Gasteiger partial charge in [-0.2, -0.15) is 4.98 Å². The van der Waals surface area contributed by atoms with Crippen molar-refractivity contribution in [1.82, 2.24) is 15.0 Å². The van der Waals surface area contributed by atoms with E-state index in [1.54, 1.807) is 17.5 Å². The summed E-state index contributed by atoms with van der Waals surface area (Å²) in [5, 5.41) is 4.20. The molecule has 7 nitrogen and oxygen atoms in total. The van der Waals surface area contributed by atoms with Crippen LogP contribution in [0.15, 0.2) is 16.7 Å². The van der Waals surface area contributed by atoms with Crippen LogP contribution in [0.25, 0.3) is 10.2 Å². The number of aryl methyl sites for hydroxylation is 2. The molecular formula is C13H16N6OS. The first kappa shape index (κ1) is 13.8. The van der Waals surface area contributed by atoms with Crippen LogP contribution in [-0.4, -0.2) is 15.0 Å². The minimum Gasteiger partial charge on any atom is -0.444 e. The highest BCUT2D eigenvalue weighted by Gasteiger charge is 2.11. The Morgan fingerprint density at radius 3 is 2.95 bits per heavy atom. The Bertz CT molecular complexity index is 765. The van der Waals surface area contributed by atoms with Crippen molar-refractivity contribution in [2.45, 2.75) is 26.8 Å². The van der Waals surface area contributed by atoms with Gasteiger partial charge in [0.15, 0.2) is 0 Å². The Labute approximate surface area is 125 Å².